The number of aryl methyl sites for hydroxylation is 1. The van der Waals surface area contributed by atoms with Crippen LogP contribution in [-0.4, -0.2) is 37.8 Å². The molecule has 20 heavy (non-hydrogen) atoms. The molecule has 0 radical (unpaired) electrons. The normalized spacial score (nSPS) is 19.9. The van der Waals surface area contributed by atoms with Crippen LogP contribution in [-0.2, 0) is 10.0 Å². The number of sulfonamides is 1. The fraction of sp³-hybridized carbons (Fsp3) is 0.615. The van der Waals surface area contributed by atoms with E-state index in [4.69, 9.17) is 0 Å². The van der Waals surface area contributed by atoms with Gasteiger partial charge in [-0.3, -0.25) is 0 Å². The van der Waals surface area contributed by atoms with E-state index in [0.29, 0.717) is 13.0 Å². The molecule has 1 aliphatic rings. The number of nitrogens with zero attached hydrogens (tertiary/aromatic N) is 2. The minimum atomic E-state index is -3.25. The first-order chi connectivity index (χ1) is 9.29. The van der Waals surface area contributed by atoms with E-state index >= 15 is 0 Å². The molecule has 1 aromatic rings. The average molecular weight is 362 g/mol. The fourth-order valence-electron chi connectivity index (χ4n) is 2.32. The Morgan fingerprint density at radius 3 is 2.75 bits per heavy atom. The third kappa shape index (κ3) is 3.51. The van der Waals surface area contributed by atoms with Crippen LogP contribution in [0.2, 0.25) is 0 Å². The lowest BCUT2D eigenvalue weighted by atomic mass is 10.3. The van der Waals surface area contributed by atoms with E-state index in [-0.39, 0.29) is 11.3 Å². The molecule has 0 spiro atoms. The summed E-state index contributed by atoms with van der Waals surface area (Å²) in [5.74, 6) is 0.841. The van der Waals surface area contributed by atoms with E-state index in [1.807, 2.05) is 37.8 Å². The van der Waals surface area contributed by atoms with Crippen molar-refractivity contribution in [1.29, 1.82) is 0 Å². The second-order valence-electron chi connectivity index (χ2n) is 5.41. The number of rotatable bonds is 4. The smallest absolute Gasteiger partial charge is 0.216 e. The summed E-state index contributed by atoms with van der Waals surface area (Å²) in [5.41, 5.74) is 0.911. The van der Waals surface area contributed by atoms with E-state index in [9.17, 15) is 8.42 Å². The highest BCUT2D eigenvalue weighted by molar-refractivity contribution is 9.10. The van der Waals surface area contributed by atoms with Crippen LogP contribution in [0, 0.1) is 6.92 Å². The zero-order chi connectivity index (χ0) is 14.9. The van der Waals surface area contributed by atoms with Gasteiger partial charge in [-0.1, -0.05) is 0 Å². The first kappa shape index (κ1) is 15.7. The molecule has 1 saturated heterocycles. The Labute approximate surface area is 129 Å². The topological polar surface area (TPSA) is 62.3 Å². The van der Waals surface area contributed by atoms with Gasteiger partial charge in [0.1, 0.15) is 5.82 Å². The lowest BCUT2D eigenvalue weighted by molar-refractivity contribution is 0.557. The molecule has 1 atom stereocenters. The van der Waals surface area contributed by atoms with Crippen LogP contribution in [0.5, 0.6) is 0 Å². The molecule has 0 bridgehead atoms. The zero-order valence-corrected chi connectivity index (χ0v) is 14.3. The molecule has 2 heterocycles. The molecule has 1 fully saturated rings. The highest BCUT2D eigenvalue weighted by atomic mass is 79.9. The molecule has 5 nitrogen and oxygen atoms in total. The number of hydrogen-bond donors (Lipinski definition) is 1. The lowest BCUT2D eigenvalue weighted by Gasteiger charge is -2.19. The van der Waals surface area contributed by atoms with Crippen LogP contribution in [0.15, 0.2) is 16.6 Å². The van der Waals surface area contributed by atoms with Gasteiger partial charge in [0.15, 0.2) is 0 Å². The van der Waals surface area contributed by atoms with Crippen molar-refractivity contribution in [2.75, 3.05) is 18.0 Å². The summed E-state index contributed by atoms with van der Waals surface area (Å²) in [5, 5.41) is -0.365. The standard InChI is InChI=1S/C13H20BrN3O2S/c1-9(2)16-20(18,19)11-6-7-17(8-11)13-5-4-12(14)10(3)15-13/h4-5,9,11,16H,6-8H2,1-3H3. The van der Waals surface area contributed by atoms with Gasteiger partial charge in [0, 0.05) is 23.6 Å². The molecule has 112 valence electrons. The first-order valence-corrected chi connectivity index (χ1v) is 9.03. The maximum absolute atomic E-state index is 12.2. The van der Waals surface area contributed by atoms with Crippen molar-refractivity contribution in [2.24, 2.45) is 0 Å². The van der Waals surface area contributed by atoms with Crippen molar-refractivity contribution in [2.45, 2.75) is 38.5 Å². The van der Waals surface area contributed by atoms with Crippen molar-refractivity contribution in [3.8, 4) is 0 Å². The number of halogens is 1. The van der Waals surface area contributed by atoms with Crippen molar-refractivity contribution < 1.29 is 8.42 Å². The summed E-state index contributed by atoms with van der Waals surface area (Å²) < 4.78 is 28.0. The summed E-state index contributed by atoms with van der Waals surface area (Å²) in [6.07, 6.45) is 0.638. The third-order valence-corrected chi connectivity index (χ3v) is 6.21. The highest BCUT2D eigenvalue weighted by Gasteiger charge is 2.33. The Balaban J connectivity index is 2.10. The Hall–Kier alpha value is -0.660. The number of anilines is 1. The molecule has 7 heteroatoms. The minimum Gasteiger partial charge on any atom is -0.355 e. The lowest BCUT2D eigenvalue weighted by Crippen LogP contribution is -2.39. The van der Waals surface area contributed by atoms with Gasteiger partial charge in [0.25, 0.3) is 0 Å². The van der Waals surface area contributed by atoms with Gasteiger partial charge in [-0.25, -0.2) is 18.1 Å². The molecule has 1 aliphatic heterocycles. The zero-order valence-electron chi connectivity index (χ0n) is 11.9. The Bertz CT molecular complexity index is 589. The molecular formula is C13H20BrN3O2S. The predicted octanol–water partition coefficient (Wildman–Crippen LogP) is 2.06. The predicted molar refractivity (Wildman–Crippen MR) is 84.5 cm³/mol. The summed E-state index contributed by atoms with van der Waals surface area (Å²) in [6.45, 7) is 6.82. The first-order valence-electron chi connectivity index (χ1n) is 6.69. The Kier molecular flexibility index (Phi) is 4.71. The molecular weight excluding hydrogens is 342 g/mol. The monoisotopic (exact) mass is 361 g/mol. The third-order valence-electron chi connectivity index (χ3n) is 3.31. The van der Waals surface area contributed by atoms with Crippen molar-refractivity contribution in [1.82, 2.24) is 9.71 Å². The molecule has 0 saturated carbocycles. The van der Waals surface area contributed by atoms with Crippen LogP contribution in [0.3, 0.4) is 0 Å². The van der Waals surface area contributed by atoms with Gasteiger partial charge in [-0.15, -0.1) is 0 Å². The summed E-state index contributed by atoms with van der Waals surface area (Å²) in [7, 11) is -3.25. The van der Waals surface area contributed by atoms with Crippen molar-refractivity contribution >= 4 is 31.8 Å². The van der Waals surface area contributed by atoms with E-state index in [1.165, 1.54) is 0 Å². The summed E-state index contributed by atoms with van der Waals surface area (Å²) >= 11 is 3.42. The largest absolute Gasteiger partial charge is 0.355 e. The van der Waals surface area contributed by atoms with Crippen molar-refractivity contribution in [3.63, 3.8) is 0 Å². The molecule has 0 aliphatic carbocycles. The number of hydrogen-bond acceptors (Lipinski definition) is 4. The van der Waals surface area contributed by atoms with Gasteiger partial charge in [0.05, 0.1) is 10.9 Å². The fourth-order valence-corrected chi connectivity index (χ4v) is 4.18. The van der Waals surface area contributed by atoms with E-state index in [0.717, 1.165) is 22.5 Å². The maximum atomic E-state index is 12.2. The van der Waals surface area contributed by atoms with E-state index in [1.54, 1.807) is 0 Å². The molecule has 1 N–H and O–H groups in total. The second kappa shape index (κ2) is 5.99. The van der Waals surface area contributed by atoms with Crippen LogP contribution in [0.4, 0.5) is 5.82 Å². The summed E-state index contributed by atoms with van der Waals surface area (Å²) in [6, 6.07) is 3.80. The highest BCUT2D eigenvalue weighted by Crippen LogP contribution is 2.24. The second-order valence-corrected chi connectivity index (χ2v) is 8.26. The maximum Gasteiger partial charge on any atom is 0.216 e. The SMILES string of the molecule is Cc1nc(N2CCC(S(=O)(=O)NC(C)C)C2)ccc1Br. The minimum absolute atomic E-state index is 0.0675. The van der Waals surface area contributed by atoms with Gasteiger partial charge >= 0.3 is 0 Å². The van der Waals surface area contributed by atoms with Crippen molar-refractivity contribution in [3.05, 3.63) is 22.3 Å². The van der Waals surface area contributed by atoms with Crippen LogP contribution in [0.25, 0.3) is 0 Å². The molecule has 0 aromatic carbocycles. The van der Waals surface area contributed by atoms with Gasteiger partial charge in [0.2, 0.25) is 10.0 Å². The van der Waals surface area contributed by atoms with E-state index < -0.39 is 10.0 Å². The number of pyridine rings is 1. The summed E-state index contributed by atoms with van der Waals surface area (Å²) in [4.78, 5) is 6.53. The van der Waals surface area contributed by atoms with Gasteiger partial charge < -0.3 is 4.90 Å². The average Bonchev–Trinajstić information content (AvgIpc) is 2.81. The molecule has 1 aromatic heterocycles. The Morgan fingerprint density at radius 2 is 2.15 bits per heavy atom. The van der Waals surface area contributed by atoms with Crippen LogP contribution >= 0.6 is 15.9 Å². The number of nitrogens with one attached hydrogen (secondary N) is 1. The Morgan fingerprint density at radius 1 is 1.45 bits per heavy atom. The molecule has 0 amide bonds. The molecule has 2 rings (SSSR count). The number of aromatic nitrogens is 1. The van der Waals surface area contributed by atoms with Crippen LogP contribution in [0.1, 0.15) is 26.0 Å². The quantitative estimate of drug-likeness (QED) is 0.891. The van der Waals surface area contributed by atoms with Gasteiger partial charge in [-0.05, 0) is 55.3 Å². The molecule has 1 unspecified atom stereocenters. The van der Waals surface area contributed by atoms with Gasteiger partial charge in [-0.2, -0.15) is 0 Å². The van der Waals surface area contributed by atoms with E-state index in [2.05, 4.69) is 25.6 Å². The van der Waals surface area contributed by atoms with Crippen LogP contribution < -0.4 is 9.62 Å².